The van der Waals surface area contributed by atoms with E-state index in [0.29, 0.717) is 18.3 Å². The van der Waals surface area contributed by atoms with Gasteiger partial charge >= 0.3 is 0 Å². The predicted molar refractivity (Wildman–Crippen MR) is 123 cm³/mol. The summed E-state index contributed by atoms with van der Waals surface area (Å²) in [5.41, 5.74) is 0. The van der Waals surface area contributed by atoms with Crippen molar-refractivity contribution in [1.82, 2.24) is 0 Å². The van der Waals surface area contributed by atoms with Gasteiger partial charge in [-0.3, -0.25) is 0 Å². The second-order valence-electron chi connectivity index (χ2n) is 11.7. The second-order valence-corrected chi connectivity index (χ2v) is 21.3. The summed E-state index contributed by atoms with van der Waals surface area (Å²) in [6.45, 7) is 29.6. The summed E-state index contributed by atoms with van der Waals surface area (Å²) in [6.07, 6.45) is 2.60. The number of aldehydes is 1. The Morgan fingerprint density at radius 2 is 1.22 bits per heavy atom. The Labute approximate surface area is 172 Å². The molecule has 0 heterocycles. The first-order chi connectivity index (χ1) is 11.9. The van der Waals surface area contributed by atoms with E-state index in [2.05, 4.69) is 88.5 Å². The van der Waals surface area contributed by atoms with Gasteiger partial charge in [0, 0.05) is 6.42 Å². The smallest absolute Gasteiger partial charge is 0.192 e. The van der Waals surface area contributed by atoms with Crippen LogP contribution in [0.1, 0.15) is 75.2 Å². The van der Waals surface area contributed by atoms with Crippen LogP contribution in [0.3, 0.4) is 0 Å². The second kappa shape index (κ2) is 9.68. The van der Waals surface area contributed by atoms with E-state index in [0.717, 1.165) is 12.7 Å². The SMILES string of the molecule is CC(C)[C@@H](O[Si](C)(C)C(C)(C)C)[C@@H](C[C@@H](C)CC=O)O[Si](C)(C)C(C)(C)C. The van der Waals surface area contributed by atoms with Gasteiger partial charge in [0.05, 0.1) is 12.2 Å². The normalized spacial score (nSPS) is 17.7. The van der Waals surface area contributed by atoms with E-state index in [4.69, 9.17) is 8.85 Å². The molecule has 0 saturated heterocycles. The van der Waals surface area contributed by atoms with Crippen molar-refractivity contribution in [2.45, 2.75) is 124 Å². The molecule has 0 saturated carbocycles. The largest absolute Gasteiger partial charge is 0.411 e. The van der Waals surface area contributed by atoms with Crippen molar-refractivity contribution in [1.29, 1.82) is 0 Å². The molecule has 3 atom stereocenters. The zero-order chi connectivity index (χ0) is 21.8. The Kier molecular flexibility index (Phi) is 9.69. The maximum Gasteiger partial charge on any atom is 0.192 e. The fourth-order valence-electron chi connectivity index (χ4n) is 2.62. The molecule has 0 aliphatic rings. The zero-order valence-electron chi connectivity index (χ0n) is 20.5. The third-order valence-corrected chi connectivity index (χ3v) is 15.6. The van der Waals surface area contributed by atoms with Crippen LogP contribution in [0.4, 0.5) is 0 Å². The van der Waals surface area contributed by atoms with Gasteiger partial charge in [0.2, 0.25) is 0 Å². The number of carbonyl (C=O) groups excluding carboxylic acids is 1. The third kappa shape index (κ3) is 8.11. The molecule has 0 aliphatic heterocycles. The van der Waals surface area contributed by atoms with E-state index in [-0.39, 0.29) is 22.3 Å². The van der Waals surface area contributed by atoms with Crippen LogP contribution in [0.2, 0.25) is 36.3 Å². The molecule has 0 bridgehead atoms. The summed E-state index contributed by atoms with van der Waals surface area (Å²) in [4.78, 5) is 11.0. The van der Waals surface area contributed by atoms with Crippen LogP contribution in [0.5, 0.6) is 0 Å². The number of hydrogen-bond acceptors (Lipinski definition) is 3. The Bertz CT molecular complexity index is 459. The molecule has 0 radical (unpaired) electrons. The molecule has 3 nitrogen and oxygen atoms in total. The van der Waals surface area contributed by atoms with Crippen molar-refractivity contribution < 1.29 is 13.6 Å². The van der Waals surface area contributed by atoms with Crippen LogP contribution < -0.4 is 0 Å². The zero-order valence-corrected chi connectivity index (χ0v) is 22.5. The van der Waals surface area contributed by atoms with Gasteiger partial charge in [-0.1, -0.05) is 62.3 Å². The van der Waals surface area contributed by atoms with Crippen LogP contribution in [-0.2, 0) is 13.6 Å². The third-order valence-electron chi connectivity index (χ3n) is 6.65. The molecule has 0 aliphatic carbocycles. The van der Waals surface area contributed by atoms with Crippen LogP contribution in [0.25, 0.3) is 0 Å². The quantitative estimate of drug-likeness (QED) is 0.283. The average Bonchev–Trinajstić information content (AvgIpc) is 2.41. The van der Waals surface area contributed by atoms with Crippen molar-refractivity contribution in [3.63, 3.8) is 0 Å². The molecular weight excluding hydrogens is 368 g/mol. The minimum absolute atomic E-state index is 0.0370. The van der Waals surface area contributed by atoms with Crippen LogP contribution in [0.15, 0.2) is 0 Å². The molecule has 27 heavy (non-hydrogen) atoms. The van der Waals surface area contributed by atoms with Crippen LogP contribution in [-0.4, -0.2) is 35.1 Å². The Hall–Kier alpha value is 0.0238. The summed E-state index contributed by atoms with van der Waals surface area (Å²) in [5, 5.41) is 0.313. The van der Waals surface area contributed by atoms with Gasteiger partial charge in [-0.25, -0.2) is 0 Å². The summed E-state index contributed by atoms with van der Waals surface area (Å²) in [7, 11) is -3.86. The molecule has 0 aromatic carbocycles. The van der Waals surface area contributed by atoms with Crippen molar-refractivity contribution in [2.24, 2.45) is 11.8 Å². The molecular formula is C22H48O3Si2. The first-order valence-electron chi connectivity index (χ1n) is 10.6. The van der Waals surface area contributed by atoms with Crippen molar-refractivity contribution in [3.8, 4) is 0 Å². The summed E-state index contributed by atoms with van der Waals surface area (Å²) in [5.74, 6) is 0.679. The highest BCUT2D eigenvalue weighted by atomic mass is 28.4. The lowest BCUT2D eigenvalue weighted by Gasteiger charge is -2.46. The molecule has 0 N–H and O–H groups in total. The molecule has 0 aromatic rings. The minimum atomic E-state index is -1.94. The van der Waals surface area contributed by atoms with Gasteiger partial charge in [-0.15, -0.1) is 0 Å². The molecule has 0 amide bonds. The predicted octanol–water partition coefficient (Wildman–Crippen LogP) is 7.04. The van der Waals surface area contributed by atoms with E-state index < -0.39 is 16.6 Å². The van der Waals surface area contributed by atoms with E-state index in [1.807, 2.05) is 0 Å². The lowest BCUT2D eigenvalue weighted by molar-refractivity contribution is -0.108. The summed E-state index contributed by atoms with van der Waals surface area (Å²) < 4.78 is 13.8. The van der Waals surface area contributed by atoms with Gasteiger partial charge in [0.25, 0.3) is 0 Å². The standard InChI is InChI=1S/C22H48O3Si2/c1-17(2)20(25-27(12,13)22(7,8)9)19(16-18(3)14-15-23)24-26(10,11)21(4,5)6/h15,17-20H,14,16H2,1-13H3/t18-,19+,20+/m0/s1. The maximum absolute atomic E-state index is 11.0. The number of rotatable bonds is 10. The topological polar surface area (TPSA) is 35.5 Å². The highest BCUT2D eigenvalue weighted by Crippen LogP contribution is 2.42. The van der Waals surface area contributed by atoms with Crippen LogP contribution in [0, 0.1) is 11.8 Å². The van der Waals surface area contributed by atoms with Crippen molar-refractivity contribution in [3.05, 3.63) is 0 Å². The lowest BCUT2D eigenvalue weighted by Crippen LogP contribution is -2.53. The molecule has 0 unspecified atom stereocenters. The number of hydrogen-bond donors (Lipinski definition) is 0. The highest BCUT2D eigenvalue weighted by molar-refractivity contribution is 6.74. The monoisotopic (exact) mass is 416 g/mol. The fraction of sp³-hybridized carbons (Fsp3) is 0.955. The molecule has 0 aromatic heterocycles. The van der Waals surface area contributed by atoms with E-state index >= 15 is 0 Å². The molecule has 0 spiro atoms. The number of carbonyl (C=O) groups is 1. The lowest BCUT2D eigenvalue weighted by atomic mass is 9.93. The van der Waals surface area contributed by atoms with Gasteiger partial charge in [-0.05, 0) is 54.5 Å². The summed E-state index contributed by atoms with van der Waals surface area (Å²) in [6, 6.07) is 0. The van der Waals surface area contributed by atoms with Gasteiger partial charge in [0.1, 0.15) is 6.29 Å². The molecule has 162 valence electrons. The highest BCUT2D eigenvalue weighted by Gasteiger charge is 2.45. The van der Waals surface area contributed by atoms with Gasteiger partial charge < -0.3 is 13.6 Å². The van der Waals surface area contributed by atoms with Gasteiger partial charge in [0.15, 0.2) is 16.6 Å². The minimum Gasteiger partial charge on any atom is -0.411 e. The Balaban J connectivity index is 5.84. The van der Waals surface area contributed by atoms with Crippen molar-refractivity contribution >= 4 is 22.9 Å². The first kappa shape index (κ1) is 27.0. The van der Waals surface area contributed by atoms with E-state index in [1.165, 1.54) is 0 Å². The van der Waals surface area contributed by atoms with Gasteiger partial charge in [-0.2, -0.15) is 0 Å². The maximum atomic E-state index is 11.0. The molecule has 0 fully saturated rings. The van der Waals surface area contributed by atoms with Crippen molar-refractivity contribution in [2.75, 3.05) is 0 Å². The average molecular weight is 417 g/mol. The van der Waals surface area contributed by atoms with E-state index in [1.54, 1.807) is 0 Å². The Morgan fingerprint density at radius 3 is 1.56 bits per heavy atom. The molecule has 5 heteroatoms. The Morgan fingerprint density at radius 1 is 0.815 bits per heavy atom. The van der Waals surface area contributed by atoms with Crippen LogP contribution >= 0.6 is 0 Å². The molecule has 0 rings (SSSR count). The first-order valence-corrected chi connectivity index (χ1v) is 16.5. The fourth-order valence-corrected chi connectivity index (χ4v) is 5.42. The van der Waals surface area contributed by atoms with E-state index in [9.17, 15) is 4.79 Å². The summed E-state index contributed by atoms with van der Waals surface area (Å²) >= 11 is 0.